The van der Waals surface area contributed by atoms with Crippen LogP contribution in [0, 0.1) is 12.8 Å². The lowest BCUT2D eigenvalue weighted by Crippen LogP contribution is -2.13. The summed E-state index contributed by atoms with van der Waals surface area (Å²) in [4.78, 5) is 0. The average Bonchev–Trinajstić information content (AvgIpc) is 2.69. The summed E-state index contributed by atoms with van der Waals surface area (Å²) in [5.41, 5.74) is 7.12. The van der Waals surface area contributed by atoms with E-state index in [-0.39, 0.29) is 0 Å². The summed E-state index contributed by atoms with van der Waals surface area (Å²) < 4.78 is 1.08. The van der Waals surface area contributed by atoms with E-state index in [0.29, 0.717) is 0 Å². The third-order valence-corrected chi connectivity index (χ3v) is 7.09. The van der Waals surface area contributed by atoms with Gasteiger partial charge in [0.2, 0.25) is 0 Å². The van der Waals surface area contributed by atoms with Gasteiger partial charge in [0, 0.05) is 4.43 Å². The van der Waals surface area contributed by atoms with Gasteiger partial charge in [0.25, 0.3) is 0 Å². The average molecular weight is 460 g/mol. The largest absolute Gasteiger partial charge is 0.0812 e. The van der Waals surface area contributed by atoms with Gasteiger partial charge in [0.15, 0.2) is 0 Å². The van der Waals surface area contributed by atoms with Gasteiger partial charge in [-0.1, -0.05) is 97.7 Å². The molecule has 0 N–H and O–H groups in total. The van der Waals surface area contributed by atoms with Crippen LogP contribution in [0.15, 0.2) is 42.5 Å². The first-order chi connectivity index (χ1) is 12.7. The number of hydrogen-bond acceptors (Lipinski definition) is 0. The zero-order valence-corrected chi connectivity index (χ0v) is 18.6. The second-order valence-electron chi connectivity index (χ2n) is 8.11. The Morgan fingerprint density at radius 3 is 2.23 bits per heavy atom. The molecular weight excluding hydrogens is 427 g/mol. The van der Waals surface area contributed by atoms with Crippen LogP contribution in [0.4, 0.5) is 0 Å². The summed E-state index contributed by atoms with van der Waals surface area (Å²) in [5, 5.41) is 0. The van der Waals surface area contributed by atoms with Gasteiger partial charge in [0.05, 0.1) is 0 Å². The molecule has 0 bridgehead atoms. The summed E-state index contributed by atoms with van der Waals surface area (Å²) in [7, 11) is 0. The van der Waals surface area contributed by atoms with Gasteiger partial charge in [-0.15, -0.1) is 0 Å². The van der Waals surface area contributed by atoms with Crippen LogP contribution in [0.2, 0.25) is 0 Å². The minimum absolute atomic E-state index is 0.786. The molecule has 0 aromatic heterocycles. The minimum Gasteiger partial charge on any atom is -0.0812 e. The molecule has 0 nitrogen and oxygen atoms in total. The fourth-order valence-electron chi connectivity index (χ4n) is 4.41. The highest BCUT2D eigenvalue weighted by Crippen LogP contribution is 2.38. The van der Waals surface area contributed by atoms with Gasteiger partial charge in [-0.2, -0.15) is 0 Å². The molecule has 1 aliphatic rings. The van der Waals surface area contributed by atoms with Gasteiger partial charge in [-0.25, -0.2) is 0 Å². The molecule has 1 aliphatic carbocycles. The molecular formula is C25H33I. The van der Waals surface area contributed by atoms with Crippen LogP contribution in [-0.2, 0) is 4.43 Å². The molecule has 0 radical (unpaired) electrons. The van der Waals surface area contributed by atoms with Crippen LogP contribution in [-0.4, -0.2) is 0 Å². The molecule has 0 saturated heterocycles. The Bertz CT molecular complexity index is 678. The quantitative estimate of drug-likeness (QED) is 0.221. The van der Waals surface area contributed by atoms with Gasteiger partial charge >= 0.3 is 0 Å². The SMILES string of the molecule is CCCCCC1CCC(c2ccc(-c3ccc(C)c(CI)c3)cc2)CC1. The molecule has 26 heavy (non-hydrogen) atoms. The molecule has 140 valence electrons. The van der Waals surface area contributed by atoms with Crippen molar-refractivity contribution in [3.05, 3.63) is 59.2 Å². The van der Waals surface area contributed by atoms with Crippen molar-refractivity contribution in [2.45, 2.75) is 75.6 Å². The van der Waals surface area contributed by atoms with Crippen molar-refractivity contribution in [1.29, 1.82) is 0 Å². The standard InChI is InChI=1S/C25H33I/c1-3-4-5-6-20-8-11-21(12-9-20)22-13-15-23(16-14-22)24-10-7-19(2)25(17-24)18-26/h7,10,13-17,20-21H,3-6,8-9,11-12,18H2,1-2H3. The topological polar surface area (TPSA) is 0 Å². The zero-order chi connectivity index (χ0) is 18.4. The number of hydrogen-bond donors (Lipinski definition) is 0. The maximum absolute atomic E-state index is 2.46. The fraction of sp³-hybridized carbons (Fsp3) is 0.520. The highest BCUT2D eigenvalue weighted by atomic mass is 127. The van der Waals surface area contributed by atoms with Crippen LogP contribution < -0.4 is 0 Å². The molecule has 0 aliphatic heterocycles. The highest BCUT2D eigenvalue weighted by Gasteiger charge is 2.22. The molecule has 1 heteroatoms. The zero-order valence-electron chi connectivity index (χ0n) is 16.4. The second kappa shape index (κ2) is 9.92. The Hall–Kier alpha value is -0.830. The molecule has 2 aromatic rings. The lowest BCUT2D eigenvalue weighted by Gasteiger charge is -2.29. The summed E-state index contributed by atoms with van der Waals surface area (Å²) in [6, 6.07) is 16.3. The minimum atomic E-state index is 0.786. The highest BCUT2D eigenvalue weighted by molar-refractivity contribution is 14.1. The predicted octanol–water partition coefficient (Wildman–Crippen LogP) is 8.45. The Kier molecular flexibility index (Phi) is 7.60. The Morgan fingerprint density at radius 1 is 0.885 bits per heavy atom. The summed E-state index contributed by atoms with van der Waals surface area (Å²) >= 11 is 2.46. The molecule has 3 rings (SSSR count). The van der Waals surface area contributed by atoms with E-state index in [1.165, 1.54) is 73.6 Å². The number of aryl methyl sites for hydroxylation is 1. The third kappa shape index (κ3) is 5.12. The molecule has 0 spiro atoms. The molecule has 1 saturated carbocycles. The van der Waals surface area contributed by atoms with E-state index in [1.54, 1.807) is 5.56 Å². The number of halogens is 1. The van der Waals surface area contributed by atoms with Crippen LogP contribution in [0.3, 0.4) is 0 Å². The van der Waals surface area contributed by atoms with Crippen molar-refractivity contribution in [3.8, 4) is 11.1 Å². The van der Waals surface area contributed by atoms with Crippen molar-refractivity contribution in [2.75, 3.05) is 0 Å². The van der Waals surface area contributed by atoms with E-state index in [0.717, 1.165) is 16.3 Å². The van der Waals surface area contributed by atoms with Gasteiger partial charge in [0.1, 0.15) is 0 Å². The molecule has 2 aromatic carbocycles. The second-order valence-corrected chi connectivity index (χ2v) is 8.87. The summed E-state index contributed by atoms with van der Waals surface area (Å²) in [6.07, 6.45) is 11.3. The van der Waals surface area contributed by atoms with E-state index < -0.39 is 0 Å². The van der Waals surface area contributed by atoms with Crippen LogP contribution in [0.25, 0.3) is 11.1 Å². The van der Waals surface area contributed by atoms with E-state index in [2.05, 4.69) is 78.9 Å². The lowest BCUT2D eigenvalue weighted by molar-refractivity contribution is 0.303. The van der Waals surface area contributed by atoms with Gasteiger partial charge in [-0.3, -0.25) is 0 Å². The van der Waals surface area contributed by atoms with Crippen molar-refractivity contribution in [2.24, 2.45) is 5.92 Å². The van der Waals surface area contributed by atoms with Crippen LogP contribution in [0.5, 0.6) is 0 Å². The normalized spacial score (nSPS) is 20.3. The monoisotopic (exact) mass is 460 g/mol. The number of alkyl halides is 1. The molecule has 0 heterocycles. The number of rotatable bonds is 7. The van der Waals surface area contributed by atoms with E-state index in [4.69, 9.17) is 0 Å². The fourth-order valence-corrected chi connectivity index (χ4v) is 5.23. The number of benzene rings is 2. The van der Waals surface area contributed by atoms with Crippen molar-refractivity contribution >= 4 is 22.6 Å². The first kappa shape index (κ1) is 19.9. The maximum Gasteiger partial charge on any atom is 0.0249 e. The Labute approximate surface area is 173 Å². The van der Waals surface area contributed by atoms with Crippen molar-refractivity contribution in [3.63, 3.8) is 0 Å². The maximum atomic E-state index is 2.46. The van der Waals surface area contributed by atoms with E-state index in [9.17, 15) is 0 Å². The Morgan fingerprint density at radius 2 is 1.58 bits per heavy atom. The third-order valence-electron chi connectivity index (χ3n) is 6.27. The lowest BCUT2D eigenvalue weighted by atomic mass is 9.77. The van der Waals surface area contributed by atoms with Gasteiger partial charge in [-0.05, 0) is 72.3 Å². The van der Waals surface area contributed by atoms with E-state index in [1.807, 2.05) is 0 Å². The first-order valence-corrected chi connectivity index (χ1v) is 12.0. The van der Waals surface area contributed by atoms with Crippen LogP contribution >= 0.6 is 22.6 Å². The first-order valence-electron chi connectivity index (χ1n) is 10.5. The van der Waals surface area contributed by atoms with Crippen LogP contribution in [0.1, 0.15) is 80.9 Å². The predicted molar refractivity (Wildman–Crippen MR) is 123 cm³/mol. The summed E-state index contributed by atoms with van der Waals surface area (Å²) in [6.45, 7) is 4.51. The molecule has 0 atom stereocenters. The molecule has 1 fully saturated rings. The molecule has 0 amide bonds. The van der Waals surface area contributed by atoms with E-state index >= 15 is 0 Å². The van der Waals surface area contributed by atoms with Gasteiger partial charge < -0.3 is 0 Å². The summed E-state index contributed by atoms with van der Waals surface area (Å²) in [5.74, 6) is 1.78. The number of unbranched alkanes of at least 4 members (excludes halogenated alkanes) is 2. The smallest absolute Gasteiger partial charge is 0.0249 e. The van der Waals surface area contributed by atoms with Crippen molar-refractivity contribution in [1.82, 2.24) is 0 Å². The van der Waals surface area contributed by atoms with Crippen molar-refractivity contribution < 1.29 is 0 Å². The Balaban J connectivity index is 1.60. The molecule has 0 unspecified atom stereocenters.